The fourth-order valence-electron chi connectivity index (χ4n) is 2.22. The Labute approximate surface area is 118 Å². The molecule has 1 aliphatic heterocycles. The minimum absolute atomic E-state index is 0.0414. The molecule has 1 aliphatic rings. The minimum Gasteiger partial charge on any atom is -0.478 e. The average Bonchev–Trinajstić information content (AvgIpc) is 2.46. The lowest BCUT2D eigenvalue weighted by Gasteiger charge is -2.35. The Bertz CT molecular complexity index is 480. The van der Waals surface area contributed by atoms with Crippen molar-refractivity contribution in [2.45, 2.75) is 19.9 Å². The number of carbonyl (C=O) groups is 1. The number of piperazine rings is 1. The smallest absolute Gasteiger partial charge is 0.243 e. The molecule has 0 aliphatic carbocycles. The third-order valence-electron chi connectivity index (χ3n) is 3.16. The number of amides is 1. The maximum absolute atomic E-state index is 12.0. The topological polar surface area (TPSA) is 79.4 Å². The van der Waals surface area contributed by atoms with Gasteiger partial charge in [-0.25, -0.2) is 4.98 Å². The fourth-order valence-corrected chi connectivity index (χ4v) is 2.22. The molecule has 1 atom stereocenters. The first-order valence-electron chi connectivity index (χ1n) is 6.83. The number of aryl methyl sites for hydroxylation is 1. The van der Waals surface area contributed by atoms with Crippen LogP contribution in [0.25, 0.3) is 0 Å². The van der Waals surface area contributed by atoms with Crippen LogP contribution in [0.4, 0.5) is 5.95 Å². The predicted octanol–water partition coefficient (Wildman–Crippen LogP) is -0.292. The molecule has 1 unspecified atom stereocenters. The van der Waals surface area contributed by atoms with Gasteiger partial charge in [0.25, 0.3) is 0 Å². The van der Waals surface area contributed by atoms with Gasteiger partial charge in [0.05, 0.1) is 6.61 Å². The van der Waals surface area contributed by atoms with Crippen LogP contribution in [0, 0.1) is 6.92 Å². The predicted molar refractivity (Wildman–Crippen MR) is 76.0 cm³/mol. The third-order valence-corrected chi connectivity index (χ3v) is 3.16. The zero-order valence-electron chi connectivity index (χ0n) is 12.1. The van der Waals surface area contributed by atoms with E-state index >= 15 is 0 Å². The Hall–Kier alpha value is -1.89. The molecule has 0 saturated carbocycles. The second-order valence-electron chi connectivity index (χ2n) is 4.61. The number of hydrogen-bond donors (Lipinski definition) is 2. The van der Waals surface area contributed by atoms with E-state index in [1.165, 1.54) is 0 Å². The van der Waals surface area contributed by atoms with Crippen molar-refractivity contribution >= 4 is 11.9 Å². The second-order valence-corrected chi connectivity index (χ2v) is 4.61. The van der Waals surface area contributed by atoms with Crippen LogP contribution in [0.15, 0.2) is 6.07 Å². The van der Waals surface area contributed by atoms with Gasteiger partial charge in [-0.1, -0.05) is 0 Å². The fraction of sp³-hybridized carbons (Fsp3) is 0.615. The normalized spacial score (nSPS) is 18.8. The molecule has 2 rings (SSSR count). The molecule has 7 heteroatoms. The third kappa shape index (κ3) is 3.16. The van der Waals surface area contributed by atoms with Crippen molar-refractivity contribution in [2.75, 3.05) is 38.2 Å². The zero-order valence-corrected chi connectivity index (χ0v) is 12.1. The summed E-state index contributed by atoms with van der Waals surface area (Å²) in [6.07, 6.45) is 0. The Morgan fingerprint density at radius 1 is 1.60 bits per heavy atom. The van der Waals surface area contributed by atoms with E-state index < -0.39 is 0 Å². The quantitative estimate of drug-likeness (QED) is 0.788. The highest BCUT2D eigenvalue weighted by atomic mass is 16.5. The number of likely N-dealkylation sites (N-methyl/N-ethyl adjacent to an activating group) is 1. The summed E-state index contributed by atoms with van der Waals surface area (Å²) in [5, 5.41) is 5.90. The number of anilines is 1. The van der Waals surface area contributed by atoms with Crippen LogP contribution in [0.3, 0.4) is 0 Å². The lowest BCUT2D eigenvalue weighted by atomic mass is 10.2. The van der Waals surface area contributed by atoms with Gasteiger partial charge in [0.2, 0.25) is 17.7 Å². The number of carbonyl (C=O) groups excluding carboxylic acids is 1. The molecular formula is C13H21N5O2. The summed E-state index contributed by atoms with van der Waals surface area (Å²) in [5.41, 5.74) is 0.827. The van der Waals surface area contributed by atoms with Gasteiger partial charge in [0, 0.05) is 38.4 Å². The van der Waals surface area contributed by atoms with Crippen molar-refractivity contribution in [2.24, 2.45) is 0 Å². The van der Waals surface area contributed by atoms with Crippen molar-refractivity contribution in [3.05, 3.63) is 11.8 Å². The highest BCUT2D eigenvalue weighted by Gasteiger charge is 2.30. The highest BCUT2D eigenvalue weighted by Crippen LogP contribution is 2.18. The molecule has 0 radical (unpaired) electrons. The summed E-state index contributed by atoms with van der Waals surface area (Å²) < 4.78 is 5.45. The molecule has 1 aromatic rings. The van der Waals surface area contributed by atoms with E-state index in [4.69, 9.17) is 4.74 Å². The van der Waals surface area contributed by atoms with Crippen LogP contribution in [-0.2, 0) is 4.79 Å². The maximum atomic E-state index is 12.0. The van der Waals surface area contributed by atoms with E-state index in [-0.39, 0.29) is 11.9 Å². The molecule has 20 heavy (non-hydrogen) atoms. The Morgan fingerprint density at radius 2 is 2.40 bits per heavy atom. The first-order valence-corrected chi connectivity index (χ1v) is 6.83. The Balaban J connectivity index is 2.29. The number of nitrogens with one attached hydrogen (secondary N) is 2. The van der Waals surface area contributed by atoms with Crippen LogP contribution < -0.4 is 20.3 Å². The van der Waals surface area contributed by atoms with Crippen LogP contribution >= 0.6 is 0 Å². The molecule has 1 saturated heterocycles. The largest absolute Gasteiger partial charge is 0.478 e. The number of aromatic nitrogens is 2. The highest BCUT2D eigenvalue weighted by molar-refractivity contribution is 5.85. The van der Waals surface area contributed by atoms with E-state index in [2.05, 4.69) is 20.6 Å². The molecule has 110 valence electrons. The summed E-state index contributed by atoms with van der Waals surface area (Å²) >= 11 is 0. The number of ether oxygens (including phenoxy) is 1. The van der Waals surface area contributed by atoms with Crippen molar-refractivity contribution in [3.8, 4) is 5.88 Å². The van der Waals surface area contributed by atoms with Crippen LogP contribution in [-0.4, -0.2) is 55.2 Å². The molecule has 7 nitrogen and oxygen atoms in total. The first kappa shape index (κ1) is 14.5. The van der Waals surface area contributed by atoms with E-state index in [0.29, 0.717) is 31.5 Å². The van der Waals surface area contributed by atoms with Gasteiger partial charge in [0.1, 0.15) is 6.04 Å². The molecule has 0 bridgehead atoms. The summed E-state index contributed by atoms with van der Waals surface area (Å²) in [5.74, 6) is 1.05. The standard InChI is InChI=1S/C13H21N5O2/c1-4-20-11-7-9(2)16-13(17-11)18-6-5-15-8-10(18)12(19)14-3/h7,10,15H,4-6,8H2,1-3H3,(H,14,19). The van der Waals surface area contributed by atoms with Gasteiger partial charge in [-0.2, -0.15) is 4.98 Å². The van der Waals surface area contributed by atoms with Gasteiger partial charge in [-0.3, -0.25) is 4.79 Å². The van der Waals surface area contributed by atoms with Crippen LogP contribution in [0.1, 0.15) is 12.6 Å². The minimum atomic E-state index is -0.301. The van der Waals surface area contributed by atoms with Gasteiger partial charge < -0.3 is 20.3 Å². The van der Waals surface area contributed by atoms with Gasteiger partial charge in [0.15, 0.2) is 0 Å². The van der Waals surface area contributed by atoms with Crippen molar-refractivity contribution < 1.29 is 9.53 Å². The monoisotopic (exact) mass is 279 g/mol. The zero-order chi connectivity index (χ0) is 14.5. The summed E-state index contributed by atoms with van der Waals surface area (Å²) in [4.78, 5) is 22.7. The Morgan fingerprint density at radius 3 is 3.10 bits per heavy atom. The van der Waals surface area contributed by atoms with E-state index in [1.807, 2.05) is 18.7 Å². The molecule has 1 amide bonds. The van der Waals surface area contributed by atoms with Crippen molar-refractivity contribution in [1.29, 1.82) is 0 Å². The first-order chi connectivity index (χ1) is 9.65. The number of hydrogen-bond acceptors (Lipinski definition) is 6. The van der Waals surface area contributed by atoms with E-state index in [9.17, 15) is 4.79 Å². The summed E-state index contributed by atoms with van der Waals surface area (Å²) in [6, 6.07) is 1.49. The lowest BCUT2D eigenvalue weighted by molar-refractivity contribution is -0.122. The van der Waals surface area contributed by atoms with Crippen molar-refractivity contribution in [1.82, 2.24) is 20.6 Å². The van der Waals surface area contributed by atoms with Gasteiger partial charge in [-0.15, -0.1) is 0 Å². The van der Waals surface area contributed by atoms with Crippen LogP contribution in [0.5, 0.6) is 5.88 Å². The molecule has 0 aromatic carbocycles. The SMILES string of the molecule is CCOc1cc(C)nc(N2CCNCC2C(=O)NC)n1. The van der Waals surface area contributed by atoms with Crippen LogP contribution in [0.2, 0.25) is 0 Å². The number of nitrogens with zero attached hydrogens (tertiary/aromatic N) is 3. The van der Waals surface area contributed by atoms with E-state index in [1.54, 1.807) is 13.1 Å². The molecule has 2 heterocycles. The molecule has 2 N–H and O–H groups in total. The van der Waals surface area contributed by atoms with E-state index in [0.717, 1.165) is 12.2 Å². The molecule has 1 aromatic heterocycles. The lowest BCUT2D eigenvalue weighted by Crippen LogP contribution is -2.58. The molecular weight excluding hydrogens is 258 g/mol. The summed E-state index contributed by atoms with van der Waals surface area (Å²) in [7, 11) is 1.64. The average molecular weight is 279 g/mol. The Kier molecular flexibility index (Phi) is 4.73. The van der Waals surface area contributed by atoms with Gasteiger partial charge in [-0.05, 0) is 13.8 Å². The molecule has 0 spiro atoms. The summed E-state index contributed by atoms with van der Waals surface area (Å²) in [6.45, 7) is 6.43. The number of rotatable bonds is 4. The molecule has 1 fully saturated rings. The van der Waals surface area contributed by atoms with Gasteiger partial charge >= 0.3 is 0 Å². The maximum Gasteiger partial charge on any atom is 0.243 e. The second kappa shape index (κ2) is 6.51. The van der Waals surface area contributed by atoms with Crippen molar-refractivity contribution in [3.63, 3.8) is 0 Å².